The molecule has 2 N–H and O–H groups in total. The van der Waals surface area contributed by atoms with Crippen LogP contribution in [-0.2, 0) is 11.2 Å². The third kappa shape index (κ3) is 3.48. The maximum atomic E-state index is 12.8. The average Bonchev–Trinajstić information content (AvgIpc) is 3.10. The lowest BCUT2D eigenvalue weighted by atomic mass is 9.94. The highest BCUT2D eigenvalue weighted by Gasteiger charge is 2.26. The zero-order valence-electron chi connectivity index (χ0n) is 13.7. The summed E-state index contributed by atoms with van der Waals surface area (Å²) in [5, 5.41) is 17.0. The van der Waals surface area contributed by atoms with Crippen LogP contribution in [0.4, 0.5) is 5.69 Å². The van der Waals surface area contributed by atoms with Gasteiger partial charge in [0.1, 0.15) is 5.92 Å². The number of para-hydroxylation sites is 1. The number of benzene rings is 2. The number of aryl methyl sites for hydroxylation is 2. The van der Waals surface area contributed by atoms with Gasteiger partial charge in [-0.3, -0.25) is 4.79 Å². The SMILES string of the molecule is Cc1ccccc1C[C@@H](C(=O)Nc1ccccc1C)c1nn[nH]n1. The molecular weight excluding hydrogens is 302 g/mol. The minimum Gasteiger partial charge on any atom is -0.325 e. The molecule has 6 nitrogen and oxygen atoms in total. The zero-order valence-corrected chi connectivity index (χ0v) is 13.7. The Hall–Kier alpha value is -3.02. The fourth-order valence-corrected chi connectivity index (χ4v) is 2.61. The molecule has 1 atom stereocenters. The van der Waals surface area contributed by atoms with Crippen LogP contribution in [0.5, 0.6) is 0 Å². The van der Waals surface area contributed by atoms with Gasteiger partial charge in [0.25, 0.3) is 0 Å². The second kappa shape index (κ2) is 7.04. The lowest BCUT2D eigenvalue weighted by Crippen LogP contribution is -2.24. The van der Waals surface area contributed by atoms with E-state index in [0.717, 1.165) is 22.4 Å². The summed E-state index contributed by atoms with van der Waals surface area (Å²) in [6.07, 6.45) is 0.518. The average molecular weight is 321 g/mol. The van der Waals surface area contributed by atoms with E-state index in [4.69, 9.17) is 0 Å². The molecule has 3 aromatic rings. The van der Waals surface area contributed by atoms with Gasteiger partial charge >= 0.3 is 0 Å². The zero-order chi connectivity index (χ0) is 16.9. The number of hydrogen-bond acceptors (Lipinski definition) is 4. The first-order valence-electron chi connectivity index (χ1n) is 7.79. The second-order valence-electron chi connectivity index (χ2n) is 5.76. The minimum atomic E-state index is -0.510. The van der Waals surface area contributed by atoms with Crippen LogP contribution in [0.2, 0.25) is 0 Å². The summed E-state index contributed by atoms with van der Waals surface area (Å²) >= 11 is 0. The summed E-state index contributed by atoms with van der Waals surface area (Å²) < 4.78 is 0. The van der Waals surface area contributed by atoms with Gasteiger partial charge in [-0.15, -0.1) is 10.2 Å². The highest BCUT2D eigenvalue weighted by molar-refractivity contribution is 5.96. The van der Waals surface area contributed by atoms with Crippen LogP contribution in [-0.4, -0.2) is 26.5 Å². The predicted octanol–water partition coefficient (Wildman–Crippen LogP) is 2.78. The number of anilines is 1. The highest BCUT2D eigenvalue weighted by atomic mass is 16.1. The smallest absolute Gasteiger partial charge is 0.235 e. The van der Waals surface area contributed by atoms with Crippen molar-refractivity contribution in [3.63, 3.8) is 0 Å². The number of hydrogen-bond donors (Lipinski definition) is 2. The number of aromatic amines is 1. The molecular formula is C18H19N5O. The standard InChI is InChI=1S/C18H19N5O/c1-12-7-3-5-9-14(12)11-15(17-20-22-23-21-17)18(24)19-16-10-6-4-8-13(16)2/h3-10,15H,11H2,1-2H3,(H,19,24)(H,20,21,22,23)/t15-/m1/s1. The Balaban J connectivity index is 1.87. The summed E-state index contributed by atoms with van der Waals surface area (Å²) in [7, 11) is 0. The van der Waals surface area contributed by atoms with Crippen molar-refractivity contribution in [1.29, 1.82) is 0 Å². The number of nitrogens with zero attached hydrogens (tertiary/aromatic N) is 3. The number of carbonyl (C=O) groups excluding carboxylic acids is 1. The van der Waals surface area contributed by atoms with Gasteiger partial charge in [0.05, 0.1) is 0 Å². The van der Waals surface area contributed by atoms with Gasteiger partial charge in [-0.25, -0.2) is 0 Å². The van der Waals surface area contributed by atoms with Crippen LogP contribution >= 0.6 is 0 Å². The number of amides is 1. The normalized spacial score (nSPS) is 11.9. The van der Waals surface area contributed by atoms with Crippen molar-refractivity contribution >= 4 is 11.6 Å². The Morgan fingerprint density at radius 1 is 1.08 bits per heavy atom. The fraction of sp³-hybridized carbons (Fsp3) is 0.222. The molecule has 2 aromatic carbocycles. The molecule has 0 aliphatic heterocycles. The quantitative estimate of drug-likeness (QED) is 0.757. The topological polar surface area (TPSA) is 83.6 Å². The maximum absolute atomic E-state index is 12.8. The lowest BCUT2D eigenvalue weighted by Gasteiger charge is -2.16. The Bertz CT molecular complexity index is 829. The van der Waals surface area contributed by atoms with Crippen molar-refractivity contribution in [2.24, 2.45) is 0 Å². The Kier molecular flexibility index (Phi) is 4.65. The number of aromatic nitrogens is 4. The number of carbonyl (C=O) groups is 1. The molecule has 1 heterocycles. The van der Waals surface area contributed by atoms with Crippen molar-refractivity contribution in [2.45, 2.75) is 26.2 Å². The van der Waals surface area contributed by atoms with E-state index in [1.54, 1.807) is 0 Å². The molecule has 122 valence electrons. The molecule has 3 rings (SSSR count). The van der Waals surface area contributed by atoms with Crippen LogP contribution in [0.15, 0.2) is 48.5 Å². The highest BCUT2D eigenvalue weighted by Crippen LogP contribution is 2.22. The van der Waals surface area contributed by atoms with E-state index in [9.17, 15) is 4.79 Å². The first-order chi connectivity index (χ1) is 11.6. The summed E-state index contributed by atoms with van der Waals surface area (Å²) in [6, 6.07) is 15.7. The first kappa shape index (κ1) is 15.9. The third-order valence-electron chi connectivity index (χ3n) is 4.08. The summed E-state index contributed by atoms with van der Waals surface area (Å²) in [5.41, 5.74) is 4.02. The van der Waals surface area contributed by atoms with Crippen molar-refractivity contribution in [1.82, 2.24) is 20.6 Å². The molecule has 24 heavy (non-hydrogen) atoms. The Morgan fingerprint density at radius 2 is 1.79 bits per heavy atom. The van der Waals surface area contributed by atoms with Gasteiger partial charge in [0.15, 0.2) is 5.82 Å². The van der Waals surface area contributed by atoms with E-state index < -0.39 is 5.92 Å². The molecule has 0 bridgehead atoms. The van der Waals surface area contributed by atoms with E-state index in [2.05, 4.69) is 25.9 Å². The van der Waals surface area contributed by atoms with Gasteiger partial charge in [-0.1, -0.05) is 47.7 Å². The molecule has 0 aliphatic rings. The monoisotopic (exact) mass is 321 g/mol. The largest absolute Gasteiger partial charge is 0.325 e. The maximum Gasteiger partial charge on any atom is 0.235 e. The molecule has 0 saturated heterocycles. The van der Waals surface area contributed by atoms with Crippen molar-refractivity contribution in [3.05, 3.63) is 71.0 Å². The minimum absolute atomic E-state index is 0.144. The number of rotatable bonds is 5. The summed E-state index contributed by atoms with van der Waals surface area (Å²) in [6.45, 7) is 3.99. The summed E-state index contributed by atoms with van der Waals surface area (Å²) in [5.74, 6) is -0.261. The van der Waals surface area contributed by atoms with Gasteiger partial charge in [-0.2, -0.15) is 5.21 Å². The molecule has 0 spiro atoms. The van der Waals surface area contributed by atoms with E-state index in [-0.39, 0.29) is 5.91 Å². The van der Waals surface area contributed by atoms with Crippen LogP contribution in [0.1, 0.15) is 28.4 Å². The number of nitrogens with one attached hydrogen (secondary N) is 2. The fourth-order valence-electron chi connectivity index (χ4n) is 2.61. The van der Waals surface area contributed by atoms with Crippen molar-refractivity contribution in [3.8, 4) is 0 Å². The van der Waals surface area contributed by atoms with Gasteiger partial charge < -0.3 is 5.32 Å². The third-order valence-corrected chi connectivity index (χ3v) is 4.08. The van der Waals surface area contributed by atoms with Crippen LogP contribution in [0, 0.1) is 13.8 Å². The van der Waals surface area contributed by atoms with Crippen molar-refractivity contribution < 1.29 is 4.79 Å². The van der Waals surface area contributed by atoms with Gasteiger partial charge in [-0.05, 0) is 43.0 Å². The van der Waals surface area contributed by atoms with Crippen LogP contribution < -0.4 is 5.32 Å². The molecule has 0 unspecified atom stereocenters. The molecule has 0 radical (unpaired) electrons. The summed E-state index contributed by atoms with van der Waals surface area (Å²) in [4.78, 5) is 12.8. The molecule has 0 saturated carbocycles. The molecule has 6 heteroatoms. The van der Waals surface area contributed by atoms with Crippen molar-refractivity contribution in [2.75, 3.05) is 5.32 Å². The Morgan fingerprint density at radius 3 is 2.46 bits per heavy atom. The van der Waals surface area contributed by atoms with Crippen LogP contribution in [0.3, 0.4) is 0 Å². The number of H-pyrrole nitrogens is 1. The van der Waals surface area contributed by atoms with Crippen LogP contribution in [0.25, 0.3) is 0 Å². The molecule has 0 fully saturated rings. The van der Waals surface area contributed by atoms with E-state index in [0.29, 0.717) is 12.2 Å². The second-order valence-corrected chi connectivity index (χ2v) is 5.76. The van der Waals surface area contributed by atoms with Gasteiger partial charge in [0.2, 0.25) is 5.91 Å². The predicted molar refractivity (Wildman–Crippen MR) is 91.6 cm³/mol. The first-order valence-corrected chi connectivity index (χ1v) is 7.79. The van der Waals surface area contributed by atoms with E-state index >= 15 is 0 Å². The number of tetrazole rings is 1. The van der Waals surface area contributed by atoms with E-state index in [1.165, 1.54) is 0 Å². The molecule has 0 aliphatic carbocycles. The molecule has 1 amide bonds. The Labute approximate surface area is 140 Å². The van der Waals surface area contributed by atoms with Gasteiger partial charge in [0, 0.05) is 5.69 Å². The molecule has 1 aromatic heterocycles. The van der Waals surface area contributed by atoms with E-state index in [1.807, 2.05) is 62.4 Å². The lowest BCUT2D eigenvalue weighted by molar-refractivity contribution is -0.117.